The fourth-order valence-electron chi connectivity index (χ4n) is 1.81. The van der Waals surface area contributed by atoms with Crippen molar-refractivity contribution in [2.24, 2.45) is 4.99 Å². The van der Waals surface area contributed by atoms with Crippen LogP contribution in [0.1, 0.15) is 22.7 Å². The molecule has 23 heavy (non-hydrogen) atoms. The molecular formula is C15H29IN4O2S. The number of hydrogen-bond donors (Lipinski definition) is 2. The zero-order valence-corrected chi connectivity index (χ0v) is 17.4. The Labute approximate surface area is 160 Å². The van der Waals surface area contributed by atoms with Crippen molar-refractivity contribution in [3.8, 4) is 0 Å². The molecule has 0 aliphatic carbocycles. The SMILES string of the molecule is CN=C(NCCCCOCCOC)NCCc1ncc(C)s1.I. The lowest BCUT2D eigenvalue weighted by molar-refractivity contribution is 0.0689. The standard InChI is InChI=1S/C15H28N4O2S.HI/c1-13-12-19-14(22-13)6-8-18-15(16-2)17-7-4-5-9-21-11-10-20-3;/h12H,4-11H2,1-3H3,(H2,16,17,18);1H. The molecule has 2 N–H and O–H groups in total. The lowest BCUT2D eigenvalue weighted by atomic mass is 10.3. The van der Waals surface area contributed by atoms with Gasteiger partial charge in [0.05, 0.1) is 18.2 Å². The lowest BCUT2D eigenvalue weighted by Crippen LogP contribution is -2.38. The highest BCUT2D eigenvalue weighted by Gasteiger charge is 2.00. The number of nitrogens with one attached hydrogen (secondary N) is 2. The smallest absolute Gasteiger partial charge is 0.190 e. The minimum absolute atomic E-state index is 0. The Kier molecular flexibility index (Phi) is 14.8. The molecule has 0 amide bonds. The molecule has 0 bridgehead atoms. The predicted octanol–water partition coefficient (Wildman–Crippen LogP) is 2.22. The van der Waals surface area contributed by atoms with E-state index in [1.54, 1.807) is 25.5 Å². The second-order valence-corrected chi connectivity index (χ2v) is 6.17. The van der Waals surface area contributed by atoms with Crippen LogP contribution < -0.4 is 10.6 Å². The summed E-state index contributed by atoms with van der Waals surface area (Å²) in [4.78, 5) is 9.82. The molecule has 134 valence electrons. The van der Waals surface area contributed by atoms with E-state index in [2.05, 4.69) is 27.5 Å². The summed E-state index contributed by atoms with van der Waals surface area (Å²) in [5.41, 5.74) is 0. The van der Waals surface area contributed by atoms with Gasteiger partial charge in [0.1, 0.15) is 0 Å². The molecule has 8 heteroatoms. The molecule has 0 unspecified atom stereocenters. The number of aromatic nitrogens is 1. The third-order valence-electron chi connectivity index (χ3n) is 2.96. The fourth-order valence-corrected chi connectivity index (χ4v) is 2.59. The van der Waals surface area contributed by atoms with Crippen molar-refractivity contribution in [1.29, 1.82) is 0 Å². The second kappa shape index (κ2) is 15.1. The minimum Gasteiger partial charge on any atom is -0.382 e. The highest BCUT2D eigenvalue weighted by Crippen LogP contribution is 2.10. The quantitative estimate of drug-likeness (QED) is 0.231. The molecule has 0 spiro atoms. The zero-order chi connectivity index (χ0) is 16.0. The second-order valence-electron chi connectivity index (χ2n) is 4.85. The molecule has 0 radical (unpaired) electrons. The molecule has 0 aromatic carbocycles. The number of methoxy groups -OCH3 is 1. The third-order valence-corrected chi connectivity index (χ3v) is 3.94. The molecule has 1 rings (SSSR count). The Balaban J connectivity index is 0.00000484. The number of thiazole rings is 1. The maximum Gasteiger partial charge on any atom is 0.190 e. The van der Waals surface area contributed by atoms with Gasteiger partial charge in [-0.1, -0.05) is 0 Å². The summed E-state index contributed by atoms with van der Waals surface area (Å²) >= 11 is 1.75. The van der Waals surface area contributed by atoms with Gasteiger partial charge in [0.2, 0.25) is 0 Å². The number of nitrogens with zero attached hydrogens (tertiary/aromatic N) is 2. The van der Waals surface area contributed by atoms with Crippen LogP contribution in [-0.4, -0.2) is 58.0 Å². The minimum atomic E-state index is 0. The van der Waals surface area contributed by atoms with Crippen LogP contribution in [0.3, 0.4) is 0 Å². The Morgan fingerprint density at radius 1 is 1.22 bits per heavy atom. The zero-order valence-electron chi connectivity index (χ0n) is 14.3. The number of halogens is 1. The van der Waals surface area contributed by atoms with Gasteiger partial charge in [0.25, 0.3) is 0 Å². The topological polar surface area (TPSA) is 67.8 Å². The average Bonchev–Trinajstić information content (AvgIpc) is 2.93. The van der Waals surface area contributed by atoms with Crippen molar-refractivity contribution in [3.63, 3.8) is 0 Å². The number of guanidine groups is 1. The molecule has 1 aromatic heterocycles. The van der Waals surface area contributed by atoms with Gasteiger partial charge in [-0.15, -0.1) is 35.3 Å². The van der Waals surface area contributed by atoms with Crippen LogP contribution in [0.25, 0.3) is 0 Å². The van der Waals surface area contributed by atoms with Crippen molar-refractivity contribution < 1.29 is 9.47 Å². The molecule has 0 fully saturated rings. The van der Waals surface area contributed by atoms with Gasteiger partial charge >= 0.3 is 0 Å². The van der Waals surface area contributed by atoms with E-state index in [0.717, 1.165) is 49.9 Å². The number of aryl methyl sites for hydroxylation is 1. The molecule has 6 nitrogen and oxygen atoms in total. The monoisotopic (exact) mass is 456 g/mol. The van der Waals surface area contributed by atoms with Crippen LogP contribution in [-0.2, 0) is 15.9 Å². The fraction of sp³-hybridized carbons (Fsp3) is 0.733. The lowest BCUT2D eigenvalue weighted by Gasteiger charge is -2.11. The first-order valence-corrected chi connectivity index (χ1v) is 8.50. The Morgan fingerprint density at radius 3 is 2.65 bits per heavy atom. The molecule has 0 saturated heterocycles. The van der Waals surface area contributed by atoms with Crippen molar-refractivity contribution in [1.82, 2.24) is 15.6 Å². The summed E-state index contributed by atoms with van der Waals surface area (Å²) in [6.07, 6.45) is 4.93. The summed E-state index contributed by atoms with van der Waals surface area (Å²) in [5.74, 6) is 0.841. The summed E-state index contributed by atoms with van der Waals surface area (Å²) in [6, 6.07) is 0. The normalized spacial score (nSPS) is 11.2. The van der Waals surface area contributed by atoms with Crippen molar-refractivity contribution in [2.45, 2.75) is 26.2 Å². The average molecular weight is 456 g/mol. The van der Waals surface area contributed by atoms with Crippen LogP contribution >= 0.6 is 35.3 Å². The molecule has 0 aliphatic rings. The van der Waals surface area contributed by atoms with E-state index in [0.29, 0.717) is 13.2 Å². The third kappa shape index (κ3) is 11.7. The highest BCUT2D eigenvalue weighted by molar-refractivity contribution is 14.0. The first-order valence-electron chi connectivity index (χ1n) is 7.68. The molecule has 0 aliphatic heterocycles. The van der Waals surface area contributed by atoms with Gasteiger partial charge in [-0.3, -0.25) is 4.99 Å². The molecule has 1 heterocycles. The van der Waals surface area contributed by atoms with Crippen LogP contribution in [0.2, 0.25) is 0 Å². The molecular weight excluding hydrogens is 427 g/mol. The van der Waals surface area contributed by atoms with E-state index >= 15 is 0 Å². The van der Waals surface area contributed by atoms with Crippen LogP contribution in [0.15, 0.2) is 11.2 Å². The van der Waals surface area contributed by atoms with Gasteiger partial charge in [-0.2, -0.15) is 0 Å². The van der Waals surface area contributed by atoms with E-state index < -0.39 is 0 Å². The van der Waals surface area contributed by atoms with Crippen LogP contribution in [0, 0.1) is 6.92 Å². The van der Waals surface area contributed by atoms with Crippen molar-refractivity contribution >= 4 is 41.3 Å². The summed E-state index contributed by atoms with van der Waals surface area (Å²) < 4.78 is 10.3. The highest BCUT2D eigenvalue weighted by atomic mass is 127. The van der Waals surface area contributed by atoms with Gasteiger partial charge in [0, 0.05) is 51.3 Å². The Morgan fingerprint density at radius 2 is 2.00 bits per heavy atom. The number of rotatable bonds is 11. The van der Waals surface area contributed by atoms with Crippen molar-refractivity contribution in [2.75, 3.05) is 47.1 Å². The van der Waals surface area contributed by atoms with E-state index in [1.165, 1.54) is 4.88 Å². The number of ether oxygens (including phenoxy) is 2. The van der Waals surface area contributed by atoms with Crippen LogP contribution in [0.5, 0.6) is 0 Å². The number of hydrogen-bond acceptors (Lipinski definition) is 5. The predicted molar refractivity (Wildman–Crippen MR) is 107 cm³/mol. The Hall–Kier alpha value is -0.450. The maximum absolute atomic E-state index is 5.42. The number of unbranched alkanes of at least 4 members (excludes halogenated alkanes) is 1. The van der Waals surface area contributed by atoms with Crippen molar-refractivity contribution in [3.05, 3.63) is 16.1 Å². The summed E-state index contributed by atoms with van der Waals surface area (Å²) in [7, 11) is 3.47. The van der Waals surface area contributed by atoms with E-state index in [4.69, 9.17) is 9.47 Å². The largest absolute Gasteiger partial charge is 0.382 e. The summed E-state index contributed by atoms with van der Waals surface area (Å²) in [6.45, 7) is 5.92. The molecule has 0 saturated carbocycles. The molecule has 1 aromatic rings. The van der Waals surface area contributed by atoms with Gasteiger partial charge in [0.15, 0.2) is 5.96 Å². The summed E-state index contributed by atoms with van der Waals surface area (Å²) in [5, 5.41) is 7.77. The van der Waals surface area contributed by atoms with E-state index in [-0.39, 0.29) is 24.0 Å². The first-order chi connectivity index (χ1) is 10.8. The van der Waals surface area contributed by atoms with E-state index in [1.807, 2.05) is 6.20 Å². The Bertz CT molecular complexity index is 429. The molecule has 0 atom stereocenters. The van der Waals surface area contributed by atoms with Gasteiger partial charge in [-0.05, 0) is 19.8 Å². The maximum atomic E-state index is 5.42. The van der Waals surface area contributed by atoms with E-state index in [9.17, 15) is 0 Å². The van der Waals surface area contributed by atoms with Crippen LogP contribution in [0.4, 0.5) is 0 Å². The van der Waals surface area contributed by atoms with Gasteiger partial charge in [-0.25, -0.2) is 4.98 Å². The first kappa shape index (κ1) is 22.6. The number of aliphatic imine (C=N–C) groups is 1. The van der Waals surface area contributed by atoms with Gasteiger partial charge < -0.3 is 20.1 Å².